The molecule has 0 radical (unpaired) electrons. The Morgan fingerprint density at radius 1 is 1.12 bits per heavy atom. The molecule has 0 fully saturated rings. The van der Waals surface area contributed by atoms with Crippen LogP contribution in [0.2, 0.25) is 0 Å². The molecule has 2 aromatic heterocycles. The summed E-state index contributed by atoms with van der Waals surface area (Å²) in [4.78, 5) is 28.7. The first-order valence-electron chi connectivity index (χ1n) is 7.22. The molecule has 0 spiro atoms. The molecule has 1 aromatic carbocycles. The molecule has 0 saturated carbocycles. The molecule has 0 bridgehead atoms. The summed E-state index contributed by atoms with van der Waals surface area (Å²) in [6, 6.07) is 9.03. The molecule has 3 rings (SSSR count). The highest BCUT2D eigenvalue weighted by Crippen LogP contribution is 2.30. The Morgan fingerprint density at radius 2 is 1.88 bits per heavy atom. The van der Waals surface area contributed by atoms with E-state index >= 15 is 0 Å². The number of nitrogens with one attached hydrogen (secondary N) is 2. The maximum atomic E-state index is 12.5. The zero-order valence-electron chi connectivity index (χ0n) is 13.1. The average molecular weight is 357 g/mol. The van der Waals surface area contributed by atoms with Crippen LogP contribution in [0.1, 0.15) is 22.3 Å². The zero-order chi connectivity index (χ0) is 17.1. The topological polar surface area (TPSA) is 71.1 Å². The quantitative estimate of drug-likeness (QED) is 0.727. The van der Waals surface area contributed by atoms with E-state index < -0.39 is 0 Å². The van der Waals surface area contributed by atoms with Crippen LogP contribution >= 0.6 is 22.7 Å². The number of aryl methyl sites for hydroxylation is 1. The molecule has 0 aliphatic carbocycles. The number of anilines is 2. The third kappa shape index (κ3) is 3.69. The van der Waals surface area contributed by atoms with Gasteiger partial charge in [-0.2, -0.15) is 11.3 Å². The number of amides is 2. The number of hydrogen-bond acceptors (Lipinski definition) is 5. The van der Waals surface area contributed by atoms with Crippen molar-refractivity contribution >= 4 is 45.9 Å². The number of hydrogen-bond donors (Lipinski definition) is 2. The molecule has 5 nitrogen and oxygen atoms in total. The number of carbonyl (C=O) groups is 2. The van der Waals surface area contributed by atoms with Crippen molar-refractivity contribution in [2.75, 3.05) is 10.6 Å². The highest BCUT2D eigenvalue weighted by Gasteiger charge is 2.16. The largest absolute Gasteiger partial charge is 0.326 e. The summed E-state index contributed by atoms with van der Waals surface area (Å²) in [5.74, 6) is -0.358. The van der Waals surface area contributed by atoms with Gasteiger partial charge >= 0.3 is 0 Å². The third-order valence-corrected chi connectivity index (χ3v) is 5.10. The maximum absolute atomic E-state index is 12.5. The van der Waals surface area contributed by atoms with Crippen LogP contribution in [0.3, 0.4) is 0 Å². The molecule has 3 aromatic rings. The number of carbonyl (C=O) groups excluding carboxylic acids is 2. The Kier molecular flexibility index (Phi) is 4.73. The Morgan fingerprint density at radius 3 is 2.54 bits per heavy atom. The molecule has 0 aliphatic heterocycles. The first-order valence-corrected chi connectivity index (χ1v) is 8.98. The molecular formula is C17H15N3O2S2. The van der Waals surface area contributed by atoms with Crippen molar-refractivity contribution < 1.29 is 9.59 Å². The minimum absolute atomic E-state index is 0.155. The van der Waals surface area contributed by atoms with E-state index in [2.05, 4.69) is 15.6 Å². The average Bonchev–Trinajstić information content (AvgIpc) is 3.16. The molecule has 0 saturated heterocycles. The van der Waals surface area contributed by atoms with E-state index in [-0.39, 0.29) is 11.8 Å². The van der Waals surface area contributed by atoms with E-state index in [4.69, 9.17) is 0 Å². The standard InChI is InChI=1S/C17H15N3O2S2/c1-10-15(24-17(18-10)12-6-7-23-9-12)16(22)20-14-5-3-4-13(8-14)19-11(2)21/h3-9H,1-2H3,(H,19,21)(H,20,22). The molecule has 2 heterocycles. The highest BCUT2D eigenvalue weighted by molar-refractivity contribution is 7.17. The van der Waals surface area contributed by atoms with Gasteiger partial charge in [-0.3, -0.25) is 9.59 Å². The van der Waals surface area contributed by atoms with Gasteiger partial charge in [0.25, 0.3) is 5.91 Å². The second-order valence-electron chi connectivity index (χ2n) is 5.16. The Hall–Kier alpha value is -2.51. The lowest BCUT2D eigenvalue weighted by molar-refractivity contribution is -0.114. The highest BCUT2D eigenvalue weighted by atomic mass is 32.1. The number of aromatic nitrogens is 1. The first kappa shape index (κ1) is 16.4. The van der Waals surface area contributed by atoms with Crippen molar-refractivity contribution in [1.82, 2.24) is 4.98 Å². The van der Waals surface area contributed by atoms with Crippen molar-refractivity contribution in [3.05, 3.63) is 51.7 Å². The van der Waals surface area contributed by atoms with Crippen LogP contribution in [-0.4, -0.2) is 16.8 Å². The molecule has 24 heavy (non-hydrogen) atoms. The van der Waals surface area contributed by atoms with Gasteiger partial charge in [0.2, 0.25) is 5.91 Å². The summed E-state index contributed by atoms with van der Waals surface area (Å²) >= 11 is 2.97. The Bertz CT molecular complexity index is 885. The monoisotopic (exact) mass is 357 g/mol. The van der Waals surface area contributed by atoms with Gasteiger partial charge in [0.15, 0.2) is 0 Å². The maximum Gasteiger partial charge on any atom is 0.267 e. The van der Waals surface area contributed by atoms with E-state index in [9.17, 15) is 9.59 Å². The number of thiazole rings is 1. The van der Waals surface area contributed by atoms with E-state index in [1.54, 1.807) is 35.6 Å². The van der Waals surface area contributed by atoms with Crippen LogP contribution in [0.25, 0.3) is 10.6 Å². The van der Waals surface area contributed by atoms with Crippen LogP contribution < -0.4 is 10.6 Å². The van der Waals surface area contributed by atoms with E-state index in [0.717, 1.165) is 10.6 Å². The zero-order valence-corrected chi connectivity index (χ0v) is 14.8. The van der Waals surface area contributed by atoms with Crippen LogP contribution in [0.15, 0.2) is 41.1 Å². The van der Waals surface area contributed by atoms with Gasteiger partial charge in [-0.05, 0) is 36.6 Å². The number of nitrogens with zero attached hydrogens (tertiary/aromatic N) is 1. The fourth-order valence-corrected chi connectivity index (χ4v) is 3.86. The SMILES string of the molecule is CC(=O)Nc1cccc(NC(=O)c2sc(-c3ccsc3)nc2C)c1. The van der Waals surface area contributed by atoms with E-state index in [1.807, 2.05) is 23.8 Å². The second kappa shape index (κ2) is 6.94. The van der Waals surface area contributed by atoms with Crippen LogP contribution in [0.4, 0.5) is 11.4 Å². The van der Waals surface area contributed by atoms with Crippen molar-refractivity contribution in [3.8, 4) is 10.6 Å². The molecule has 0 aliphatic rings. The number of thiophene rings is 1. The van der Waals surface area contributed by atoms with Crippen LogP contribution in [0, 0.1) is 6.92 Å². The summed E-state index contributed by atoms with van der Waals surface area (Å²) in [6.07, 6.45) is 0. The van der Waals surface area contributed by atoms with Crippen molar-refractivity contribution in [2.24, 2.45) is 0 Å². The Balaban J connectivity index is 1.79. The van der Waals surface area contributed by atoms with E-state index in [0.29, 0.717) is 21.9 Å². The van der Waals surface area contributed by atoms with Crippen LogP contribution in [0.5, 0.6) is 0 Å². The van der Waals surface area contributed by atoms with Gasteiger partial charge < -0.3 is 10.6 Å². The predicted octanol–water partition coefficient (Wildman–Crippen LogP) is 4.39. The predicted molar refractivity (Wildman–Crippen MR) is 98.9 cm³/mol. The van der Waals surface area contributed by atoms with Gasteiger partial charge in [-0.15, -0.1) is 11.3 Å². The molecular weight excluding hydrogens is 342 g/mol. The van der Waals surface area contributed by atoms with Crippen molar-refractivity contribution in [2.45, 2.75) is 13.8 Å². The fraction of sp³-hybridized carbons (Fsp3) is 0.118. The number of benzene rings is 1. The fourth-order valence-electron chi connectivity index (χ4n) is 2.18. The lowest BCUT2D eigenvalue weighted by Crippen LogP contribution is -2.12. The summed E-state index contributed by atoms with van der Waals surface area (Å²) in [7, 11) is 0. The molecule has 2 N–H and O–H groups in total. The van der Waals surface area contributed by atoms with Gasteiger partial charge in [-0.1, -0.05) is 6.07 Å². The first-order chi connectivity index (χ1) is 11.5. The van der Waals surface area contributed by atoms with Gasteiger partial charge in [0, 0.05) is 29.2 Å². The summed E-state index contributed by atoms with van der Waals surface area (Å²) < 4.78 is 0. The van der Waals surface area contributed by atoms with Crippen molar-refractivity contribution in [3.63, 3.8) is 0 Å². The van der Waals surface area contributed by atoms with Gasteiger partial charge in [0.05, 0.1) is 5.69 Å². The van der Waals surface area contributed by atoms with Gasteiger partial charge in [-0.25, -0.2) is 4.98 Å². The van der Waals surface area contributed by atoms with E-state index in [1.165, 1.54) is 18.3 Å². The summed E-state index contributed by atoms with van der Waals surface area (Å²) in [6.45, 7) is 3.27. The Labute approximate surface area is 147 Å². The minimum atomic E-state index is -0.202. The summed E-state index contributed by atoms with van der Waals surface area (Å²) in [5, 5.41) is 10.4. The van der Waals surface area contributed by atoms with Crippen molar-refractivity contribution in [1.29, 1.82) is 0 Å². The third-order valence-electron chi connectivity index (χ3n) is 3.21. The lowest BCUT2D eigenvalue weighted by atomic mass is 10.2. The molecule has 0 unspecified atom stereocenters. The molecule has 2 amide bonds. The smallest absolute Gasteiger partial charge is 0.267 e. The summed E-state index contributed by atoms with van der Waals surface area (Å²) in [5.41, 5.74) is 2.99. The van der Waals surface area contributed by atoms with Crippen LogP contribution in [-0.2, 0) is 4.79 Å². The molecule has 122 valence electrons. The molecule has 7 heteroatoms. The molecule has 0 atom stereocenters. The lowest BCUT2D eigenvalue weighted by Gasteiger charge is -2.07. The second-order valence-corrected chi connectivity index (χ2v) is 6.94. The number of rotatable bonds is 4. The normalized spacial score (nSPS) is 10.4. The minimum Gasteiger partial charge on any atom is -0.326 e. The van der Waals surface area contributed by atoms with Gasteiger partial charge in [0.1, 0.15) is 9.88 Å².